The molecule has 4 rings (SSSR count). The normalized spacial score (nSPS) is 10.5. The van der Waals surface area contributed by atoms with E-state index in [1.165, 1.54) is 0 Å². The van der Waals surface area contributed by atoms with E-state index in [0.717, 1.165) is 16.7 Å². The van der Waals surface area contributed by atoms with Crippen molar-refractivity contribution in [2.45, 2.75) is 13.5 Å². The van der Waals surface area contributed by atoms with Crippen molar-refractivity contribution in [1.82, 2.24) is 4.98 Å². The molecule has 1 aromatic heterocycles. The molecule has 4 nitrogen and oxygen atoms in total. The van der Waals surface area contributed by atoms with Gasteiger partial charge in [-0.3, -0.25) is 9.69 Å². The Bertz CT molecular complexity index is 1140. The van der Waals surface area contributed by atoms with Crippen LogP contribution in [0.1, 0.15) is 22.8 Å². The summed E-state index contributed by atoms with van der Waals surface area (Å²) in [4.78, 5) is 19.9. The summed E-state index contributed by atoms with van der Waals surface area (Å²) in [5.41, 5.74) is 3.77. The Morgan fingerprint density at radius 2 is 1.55 bits per heavy atom. The Hall–Kier alpha value is -3.92. The fourth-order valence-corrected chi connectivity index (χ4v) is 3.57. The third-order valence-corrected chi connectivity index (χ3v) is 5.02. The first kappa shape index (κ1) is 20.4. The van der Waals surface area contributed by atoms with E-state index in [0.29, 0.717) is 30.3 Å². The molecular weight excluding hydrogens is 384 g/mol. The first-order valence-corrected chi connectivity index (χ1v) is 10.4. The van der Waals surface area contributed by atoms with E-state index in [9.17, 15) is 4.79 Å². The quantitative estimate of drug-likeness (QED) is 0.377. The molecule has 0 radical (unpaired) electrons. The van der Waals surface area contributed by atoms with Crippen molar-refractivity contribution in [3.8, 4) is 16.9 Å². The van der Waals surface area contributed by atoms with E-state index in [1.54, 1.807) is 17.2 Å². The van der Waals surface area contributed by atoms with Crippen LogP contribution in [-0.2, 0) is 6.54 Å². The van der Waals surface area contributed by atoms with Crippen molar-refractivity contribution in [1.29, 1.82) is 0 Å². The van der Waals surface area contributed by atoms with Gasteiger partial charge in [-0.25, -0.2) is 4.98 Å². The second-order valence-corrected chi connectivity index (χ2v) is 7.03. The van der Waals surface area contributed by atoms with Gasteiger partial charge in [0.15, 0.2) is 0 Å². The summed E-state index contributed by atoms with van der Waals surface area (Å²) in [7, 11) is 0. The Labute approximate surface area is 182 Å². The maximum absolute atomic E-state index is 13.7. The Morgan fingerprint density at radius 3 is 2.32 bits per heavy atom. The van der Waals surface area contributed by atoms with E-state index in [1.807, 2.05) is 73.7 Å². The van der Waals surface area contributed by atoms with Crippen LogP contribution in [-0.4, -0.2) is 17.5 Å². The SMILES string of the molecule is CCOc1ccccc1C(=O)N(Cc1ccccc1-c1ccccc1)c1ccccn1. The highest BCUT2D eigenvalue weighted by atomic mass is 16.5. The molecule has 0 spiro atoms. The number of benzene rings is 3. The van der Waals surface area contributed by atoms with Crippen LogP contribution in [0.3, 0.4) is 0 Å². The van der Waals surface area contributed by atoms with Gasteiger partial charge >= 0.3 is 0 Å². The predicted molar refractivity (Wildman–Crippen MR) is 124 cm³/mol. The number of pyridine rings is 1. The molecule has 0 unspecified atom stereocenters. The van der Waals surface area contributed by atoms with Crippen molar-refractivity contribution >= 4 is 11.7 Å². The molecule has 0 aliphatic carbocycles. The molecule has 0 bridgehead atoms. The van der Waals surface area contributed by atoms with E-state index in [-0.39, 0.29) is 5.91 Å². The third kappa shape index (κ3) is 4.64. The minimum atomic E-state index is -0.148. The number of hydrogen-bond acceptors (Lipinski definition) is 3. The van der Waals surface area contributed by atoms with Gasteiger partial charge in [-0.05, 0) is 47.9 Å². The molecule has 0 saturated heterocycles. The van der Waals surface area contributed by atoms with Crippen molar-refractivity contribution in [3.05, 3.63) is 114 Å². The van der Waals surface area contributed by atoms with Gasteiger partial charge in [-0.15, -0.1) is 0 Å². The number of aromatic nitrogens is 1. The minimum absolute atomic E-state index is 0.148. The van der Waals surface area contributed by atoms with Gasteiger partial charge in [0.2, 0.25) is 0 Å². The number of rotatable bonds is 7. The van der Waals surface area contributed by atoms with Crippen LogP contribution in [0.25, 0.3) is 11.1 Å². The minimum Gasteiger partial charge on any atom is -0.493 e. The standard InChI is InChI=1S/C27H24N2O2/c1-2-31-25-17-9-8-16-24(25)27(30)29(26-18-10-11-19-28-26)20-22-14-6-7-15-23(22)21-12-4-3-5-13-21/h3-19H,2,20H2,1H3. The third-order valence-electron chi connectivity index (χ3n) is 5.02. The number of hydrogen-bond donors (Lipinski definition) is 0. The molecular formula is C27H24N2O2. The Kier molecular flexibility index (Phi) is 6.38. The molecule has 0 atom stereocenters. The molecule has 154 valence electrons. The lowest BCUT2D eigenvalue weighted by molar-refractivity contribution is 0.0980. The monoisotopic (exact) mass is 408 g/mol. The van der Waals surface area contributed by atoms with Crippen LogP contribution >= 0.6 is 0 Å². The molecule has 4 aromatic rings. The van der Waals surface area contributed by atoms with E-state index in [4.69, 9.17) is 4.74 Å². The molecule has 1 heterocycles. The lowest BCUT2D eigenvalue weighted by Gasteiger charge is -2.24. The predicted octanol–water partition coefficient (Wildman–Crippen LogP) is 5.99. The number of amides is 1. The van der Waals surface area contributed by atoms with Gasteiger partial charge in [0, 0.05) is 6.20 Å². The number of anilines is 1. The van der Waals surface area contributed by atoms with Gasteiger partial charge in [0.25, 0.3) is 5.91 Å². The molecule has 1 amide bonds. The van der Waals surface area contributed by atoms with Crippen molar-refractivity contribution < 1.29 is 9.53 Å². The summed E-state index contributed by atoms with van der Waals surface area (Å²) in [6.07, 6.45) is 1.70. The fourth-order valence-electron chi connectivity index (χ4n) is 3.57. The Balaban J connectivity index is 1.76. The van der Waals surface area contributed by atoms with Crippen molar-refractivity contribution in [3.63, 3.8) is 0 Å². The highest BCUT2D eigenvalue weighted by Gasteiger charge is 2.23. The van der Waals surface area contributed by atoms with Crippen LogP contribution in [0, 0.1) is 0 Å². The van der Waals surface area contributed by atoms with Crippen molar-refractivity contribution in [2.24, 2.45) is 0 Å². The molecule has 0 aliphatic heterocycles. The zero-order valence-corrected chi connectivity index (χ0v) is 17.4. The van der Waals surface area contributed by atoms with Gasteiger partial charge in [-0.1, -0.05) is 72.8 Å². The van der Waals surface area contributed by atoms with Crippen molar-refractivity contribution in [2.75, 3.05) is 11.5 Å². The van der Waals surface area contributed by atoms with E-state index in [2.05, 4.69) is 29.2 Å². The Morgan fingerprint density at radius 1 is 0.839 bits per heavy atom. The molecule has 0 fully saturated rings. The van der Waals surface area contributed by atoms with E-state index >= 15 is 0 Å². The lowest BCUT2D eigenvalue weighted by Crippen LogP contribution is -2.31. The fraction of sp³-hybridized carbons (Fsp3) is 0.111. The highest BCUT2D eigenvalue weighted by molar-refractivity contribution is 6.07. The average molecular weight is 409 g/mol. The summed E-state index contributed by atoms with van der Waals surface area (Å²) in [6.45, 7) is 2.79. The summed E-state index contributed by atoms with van der Waals surface area (Å²) in [6, 6.07) is 31.3. The molecule has 0 aliphatic rings. The van der Waals surface area contributed by atoms with Gasteiger partial charge < -0.3 is 4.74 Å². The maximum Gasteiger partial charge on any atom is 0.263 e. The number of para-hydroxylation sites is 1. The van der Waals surface area contributed by atoms with Crippen LogP contribution in [0.2, 0.25) is 0 Å². The number of carbonyl (C=O) groups is 1. The number of nitrogens with zero attached hydrogens (tertiary/aromatic N) is 2. The molecule has 0 N–H and O–H groups in total. The summed E-state index contributed by atoms with van der Waals surface area (Å²) >= 11 is 0. The van der Waals surface area contributed by atoms with Crippen LogP contribution in [0.15, 0.2) is 103 Å². The van der Waals surface area contributed by atoms with E-state index < -0.39 is 0 Å². The first-order valence-electron chi connectivity index (χ1n) is 10.4. The van der Waals surface area contributed by atoms with Gasteiger partial charge in [0.1, 0.15) is 11.6 Å². The molecule has 31 heavy (non-hydrogen) atoms. The second kappa shape index (κ2) is 9.72. The van der Waals surface area contributed by atoms with Crippen LogP contribution in [0.4, 0.5) is 5.82 Å². The second-order valence-electron chi connectivity index (χ2n) is 7.03. The molecule has 0 saturated carbocycles. The largest absolute Gasteiger partial charge is 0.493 e. The molecule has 3 aromatic carbocycles. The zero-order valence-electron chi connectivity index (χ0n) is 17.4. The summed E-state index contributed by atoms with van der Waals surface area (Å²) < 4.78 is 5.72. The average Bonchev–Trinajstić information content (AvgIpc) is 2.84. The maximum atomic E-state index is 13.7. The zero-order chi connectivity index (χ0) is 21.5. The smallest absolute Gasteiger partial charge is 0.263 e. The highest BCUT2D eigenvalue weighted by Crippen LogP contribution is 2.28. The first-order chi connectivity index (χ1) is 15.3. The molecule has 4 heteroatoms. The van der Waals surface area contributed by atoms with Gasteiger partial charge in [-0.2, -0.15) is 0 Å². The number of carbonyl (C=O) groups excluding carboxylic acids is 1. The topological polar surface area (TPSA) is 42.4 Å². The van der Waals surface area contributed by atoms with Crippen LogP contribution < -0.4 is 9.64 Å². The lowest BCUT2D eigenvalue weighted by atomic mass is 9.99. The summed E-state index contributed by atoms with van der Waals surface area (Å²) in [5, 5.41) is 0. The summed E-state index contributed by atoms with van der Waals surface area (Å²) in [5.74, 6) is 1.03. The number of ether oxygens (including phenoxy) is 1. The van der Waals surface area contributed by atoms with Crippen LogP contribution in [0.5, 0.6) is 5.75 Å². The van der Waals surface area contributed by atoms with Gasteiger partial charge in [0.05, 0.1) is 18.7 Å².